The zero-order valence-corrected chi connectivity index (χ0v) is 9.25. The van der Waals surface area contributed by atoms with Crippen LogP contribution in [-0.4, -0.2) is 33.0 Å². The predicted molar refractivity (Wildman–Crippen MR) is 52.9 cm³/mol. The zero-order chi connectivity index (χ0) is 12.6. The molecule has 1 unspecified atom stereocenters. The van der Waals surface area contributed by atoms with Gasteiger partial charge in [-0.3, -0.25) is 0 Å². The lowest BCUT2D eigenvalue weighted by Crippen LogP contribution is -2.35. The molecule has 17 heavy (non-hydrogen) atoms. The minimum atomic E-state index is -4.59. The number of halogens is 3. The number of alkyl halides is 3. The molecule has 0 aliphatic carbocycles. The number of aliphatic carboxylic acids is 1. The third-order valence-electron chi connectivity index (χ3n) is 2.45. The summed E-state index contributed by atoms with van der Waals surface area (Å²) < 4.78 is 40.1. The summed E-state index contributed by atoms with van der Waals surface area (Å²) in [6.45, 7) is 0.392. The van der Waals surface area contributed by atoms with E-state index >= 15 is 0 Å². The van der Waals surface area contributed by atoms with E-state index in [1.54, 1.807) is 0 Å². The molecule has 0 saturated carbocycles. The summed E-state index contributed by atoms with van der Waals surface area (Å²) in [5.41, 5.74) is 0. The van der Waals surface area contributed by atoms with Crippen molar-refractivity contribution in [2.24, 2.45) is 0 Å². The Kier molecular flexibility index (Phi) is 2.94. The highest BCUT2D eigenvalue weighted by atomic mass is 32.1. The third kappa shape index (κ3) is 2.33. The SMILES string of the molecule is O=C(O)C1CCCN1c1nc(C(F)(F)F)ns1. The summed E-state index contributed by atoms with van der Waals surface area (Å²) in [5.74, 6) is -2.26. The van der Waals surface area contributed by atoms with E-state index in [1.807, 2.05) is 0 Å². The van der Waals surface area contributed by atoms with Crippen molar-refractivity contribution < 1.29 is 23.1 Å². The summed E-state index contributed by atoms with van der Waals surface area (Å²) >= 11 is 0.576. The number of anilines is 1. The molecule has 1 aromatic heterocycles. The number of carboxylic acids is 1. The maximum Gasteiger partial charge on any atom is 0.452 e. The van der Waals surface area contributed by atoms with Crippen LogP contribution >= 0.6 is 11.5 Å². The molecule has 1 aromatic rings. The van der Waals surface area contributed by atoms with Crippen LogP contribution in [0.4, 0.5) is 18.3 Å². The fraction of sp³-hybridized carbons (Fsp3) is 0.625. The van der Waals surface area contributed by atoms with E-state index in [-0.39, 0.29) is 5.13 Å². The van der Waals surface area contributed by atoms with Crippen LogP contribution < -0.4 is 4.90 Å². The lowest BCUT2D eigenvalue weighted by Gasteiger charge is -2.19. The van der Waals surface area contributed by atoms with Gasteiger partial charge in [-0.1, -0.05) is 0 Å². The van der Waals surface area contributed by atoms with Gasteiger partial charge in [0, 0.05) is 18.1 Å². The van der Waals surface area contributed by atoms with E-state index in [0.717, 1.165) is 0 Å². The van der Waals surface area contributed by atoms with Crippen LogP contribution in [-0.2, 0) is 11.0 Å². The van der Waals surface area contributed by atoms with Crippen LogP contribution in [0.1, 0.15) is 18.7 Å². The first-order chi connectivity index (χ1) is 7.89. The van der Waals surface area contributed by atoms with Crippen LogP contribution in [0.15, 0.2) is 0 Å². The highest BCUT2D eigenvalue weighted by molar-refractivity contribution is 7.09. The van der Waals surface area contributed by atoms with E-state index in [4.69, 9.17) is 5.11 Å². The molecule has 0 aromatic carbocycles. The molecule has 0 radical (unpaired) electrons. The molecular formula is C8H8F3N3O2S. The van der Waals surface area contributed by atoms with Crippen LogP contribution in [0.3, 0.4) is 0 Å². The summed E-state index contributed by atoms with van der Waals surface area (Å²) in [7, 11) is 0. The molecule has 5 nitrogen and oxygen atoms in total. The molecule has 1 N–H and O–H groups in total. The number of carboxylic acid groups (broad SMARTS) is 1. The smallest absolute Gasteiger partial charge is 0.452 e. The largest absolute Gasteiger partial charge is 0.480 e. The summed E-state index contributed by atoms with van der Waals surface area (Å²) in [6, 6.07) is -0.802. The monoisotopic (exact) mass is 267 g/mol. The van der Waals surface area contributed by atoms with Crippen molar-refractivity contribution in [2.45, 2.75) is 25.1 Å². The number of aromatic nitrogens is 2. The van der Waals surface area contributed by atoms with Crippen LogP contribution in [0.2, 0.25) is 0 Å². The Morgan fingerprint density at radius 1 is 1.53 bits per heavy atom. The molecule has 0 amide bonds. The quantitative estimate of drug-likeness (QED) is 0.881. The van der Waals surface area contributed by atoms with E-state index < -0.39 is 24.0 Å². The Labute approximate surface area is 98.0 Å². The second-order valence-corrected chi connectivity index (χ2v) is 4.32. The van der Waals surface area contributed by atoms with Crippen molar-refractivity contribution in [3.05, 3.63) is 5.82 Å². The Bertz CT molecular complexity index is 434. The lowest BCUT2D eigenvalue weighted by atomic mass is 10.2. The Hall–Kier alpha value is -1.38. The second-order valence-electron chi connectivity index (χ2n) is 3.59. The number of hydrogen-bond acceptors (Lipinski definition) is 5. The second kappa shape index (κ2) is 4.13. The Balaban J connectivity index is 2.23. The molecule has 2 heterocycles. The number of hydrogen-bond donors (Lipinski definition) is 1. The zero-order valence-electron chi connectivity index (χ0n) is 8.44. The summed E-state index contributed by atoms with van der Waals surface area (Å²) in [5, 5.41) is 8.92. The van der Waals surface area contributed by atoms with Gasteiger partial charge in [0.05, 0.1) is 0 Å². The van der Waals surface area contributed by atoms with Crippen molar-refractivity contribution in [3.8, 4) is 0 Å². The van der Waals surface area contributed by atoms with Gasteiger partial charge in [-0.15, -0.1) is 0 Å². The van der Waals surface area contributed by atoms with Gasteiger partial charge >= 0.3 is 12.1 Å². The van der Waals surface area contributed by atoms with Gasteiger partial charge in [-0.2, -0.15) is 22.5 Å². The van der Waals surface area contributed by atoms with E-state index in [2.05, 4.69) is 9.36 Å². The number of rotatable bonds is 2. The third-order valence-corrected chi connectivity index (χ3v) is 3.21. The topological polar surface area (TPSA) is 66.3 Å². The Morgan fingerprint density at radius 2 is 2.24 bits per heavy atom. The number of nitrogens with zero attached hydrogens (tertiary/aromatic N) is 3. The molecule has 0 bridgehead atoms. The van der Waals surface area contributed by atoms with Gasteiger partial charge in [0.25, 0.3) is 0 Å². The van der Waals surface area contributed by atoms with Crippen molar-refractivity contribution in [1.29, 1.82) is 0 Å². The van der Waals surface area contributed by atoms with E-state index in [1.165, 1.54) is 4.90 Å². The summed E-state index contributed by atoms with van der Waals surface area (Å²) in [4.78, 5) is 15.6. The van der Waals surface area contributed by atoms with Gasteiger partial charge in [0.1, 0.15) is 6.04 Å². The standard InChI is InChI=1S/C8H8F3N3O2S/c9-8(10,11)6-12-7(17-13-6)14-3-1-2-4(14)5(15)16/h4H,1-3H2,(H,15,16). The van der Waals surface area contributed by atoms with Gasteiger partial charge in [0.15, 0.2) is 0 Å². The van der Waals surface area contributed by atoms with Crippen molar-refractivity contribution in [1.82, 2.24) is 9.36 Å². The number of carbonyl (C=O) groups is 1. The minimum absolute atomic E-state index is 0.0159. The average molecular weight is 267 g/mol. The van der Waals surface area contributed by atoms with Crippen LogP contribution in [0.5, 0.6) is 0 Å². The van der Waals surface area contributed by atoms with Crippen LogP contribution in [0, 0.1) is 0 Å². The fourth-order valence-corrected chi connectivity index (χ4v) is 2.46. The van der Waals surface area contributed by atoms with Gasteiger partial charge < -0.3 is 10.0 Å². The predicted octanol–water partition coefficient (Wildman–Crippen LogP) is 1.61. The minimum Gasteiger partial charge on any atom is -0.480 e. The fourth-order valence-electron chi connectivity index (χ4n) is 1.70. The average Bonchev–Trinajstić information content (AvgIpc) is 2.85. The van der Waals surface area contributed by atoms with Gasteiger partial charge in [-0.05, 0) is 12.8 Å². The first-order valence-corrected chi connectivity index (χ1v) is 5.57. The highest BCUT2D eigenvalue weighted by Crippen LogP contribution is 2.32. The van der Waals surface area contributed by atoms with E-state index in [0.29, 0.717) is 30.9 Å². The van der Waals surface area contributed by atoms with Gasteiger partial charge in [0.2, 0.25) is 11.0 Å². The first kappa shape index (κ1) is 12.1. The van der Waals surface area contributed by atoms with Crippen molar-refractivity contribution in [3.63, 3.8) is 0 Å². The first-order valence-electron chi connectivity index (χ1n) is 4.80. The van der Waals surface area contributed by atoms with Gasteiger partial charge in [-0.25, -0.2) is 4.79 Å². The molecular weight excluding hydrogens is 259 g/mol. The maximum atomic E-state index is 12.3. The normalized spacial score (nSPS) is 20.9. The van der Waals surface area contributed by atoms with Crippen LogP contribution in [0.25, 0.3) is 0 Å². The Morgan fingerprint density at radius 3 is 2.76 bits per heavy atom. The maximum absolute atomic E-state index is 12.3. The van der Waals surface area contributed by atoms with E-state index in [9.17, 15) is 18.0 Å². The highest BCUT2D eigenvalue weighted by Gasteiger charge is 2.39. The molecule has 1 saturated heterocycles. The van der Waals surface area contributed by atoms with Crippen molar-refractivity contribution in [2.75, 3.05) is 11.4 Å². The summed E-state index contributed by atoms with van der Waals surface area (Å²) in [6.07, 6.45) is -3.55. The molecule has 9 heteroatoms. The molecule has 1 atom stereocenters. The van der Waals surface area contributed by atoms with Crippen molar-refractivity contribution >= 4 is 22.6 Å². The molecule has 1 aliphatic heterocycles. The molecule has 1 fully saturated rings. The molecule has 94 valence electrons. The molecule has 2 rings (SSSR count). The molecule has 0 spiro atoms. The lowest BCUT2D eigenvalue weighted by molar-refractivity contribution is -0.144. The molecule has 1 aliphatic rings.